The molecule has 0 aromatic carbocycles. The van der Waals surface area contributed by atoms with Crippen molar-refractivity contribution < 1.29 is 30.7 Å². The molecule has 0 bridgehead atoms. The van der Waals surface area contributed by atoms with Crippen molar-refractivity contribution in [1.29, 1.82) is 5.26 Å². The SMILES string of the molecule is N#CC1(CNc2nc(OS(=O)C(F)(F)F)ccc2F)CCOCC1. The van der Waals surface area contributed by atoms with Crippen LogP contribution in [-0.2, 0) is 15.8 Å². The van der Waals surface area contributed by atoms with E-state index in [-0.39, 0.29) is 12.4 Å². The van der Waals surface area contributed by atoms with Gasteiger partial charge in [0.25, 0.3) is 0 Å². The predicted molar refractivity (Wildman–Crippen MR) is 75.6 cm³/mol. The summed E-state index contributed by atoms with van der Waals surface area (Å²) in [7, 11) is 0. The van der Waals surface area contributed by atoms with Gasteiger partial charge in [-0.1, -0.05) is 0 Å². The first kappa shape index (κ1) is 18.4. The number of alkyl halides is 3. The molecule has 1 aliphatic rings. The van der Waals surface area contributed by atoms with Crippen LogP contribution in [0.15, 0.2) is 12.1 Å². The number of rotatable bonds is 5. The minimum absolute atomic E-state index is 0.0442. The number of ether oxygens (including phenoxy) is 1. The summed E-state index contributed by atoms with van der Waals surface area (Å²) in [5.41, 5.74) is -5.85. The molecule has 1 aliphatic heterocycles. The van der Waals surface area contributed by atoms with Gasteiger partial charge in [-0.25, -0.2) is 8.60 Å². The van der Waals surface area contributed by atoms with Crippen molar-refractivity contribution in [2.45, 2.75) is 18.3 Å². The zero-order valence-electron chi connectivity index (χ0n) is 12.2. The summed E-state index contributed by atoms with van der Waals surface area (Å²) in [6.07, 6.45) is 0.874. The highest BCUT2D eigenvalue weighted by Crippen LogP contribution is 2.30. The molecule has 1 atom stereocenters. The lowest BCUT2D eigenvalue weighted by molar-refractivity contribution is -0.0438. The van der Waals surface area contributed by atoms with Gasteiger partial charge in [0.1, 0.15) is 0 Å². The van der Waals surface area contributed by atoms with Gasteiger partial charge in [-0.15, -0.1) is 0 Å². The number of anilines is 1. The van der Waals surface area contributed by atoms with Crippen molar-refractivity contribution in [2.24, 2.45) is 5.41 Å². The summed E-state index contributed by atoms with van der Waals surface area (Å²) in [5.74, 6) is -1.86. The van der Waals surface area contributed by atoms with Crippen LogP contribution < -0.4 is 9.50 Å². The fourth-order valence-electron chi connectivity index (χ4n) is 2.06. The minimum atomic E-state index is -5.07. The molecular weight excluding hydrogens is 354 g/mol. The zero-order chi connectivity index (χ0) is 17.8. The van der Waals surface area contributed by atoms with E-state index in [0.717, 1.165) is 12.1 Å². The topological polar surface area (TPSA) is 84.2 Å². The Morgan fingerprint density at radius 2 is 2.08 bits per heavy atom. The average Bonchev–Trinajstić information content (AvgIpc) is 2.55. The van der Waals surface area contributed by atoms with Crippen LogP contribution >= 0.6 is 0 Å². The minimum Gasteiger partial charge on any atom is -0.381 e. The van der Waals surface area contributed by atoms with E-state index in [0.29, 0.717) is 26.1 Å². The number of hydrogen-bond acceptors (Lipinski definition) is 6. The molecule has 0 radical (unpaired) electrons. The molecule has 2 heterocycles. The Balaban J connectivity index is 2.09. The Bertz CT molecular complexity index is 657. The summed E-state index contributed by atoms with van der Waals surface area (Å²) < 4.78 is 70.6. The first-order chi connectivity index (χ1) is 11.3. The molecule has 0 amide bonds. The lowest BCUT2D eigenvalue weighted by atomic mass is 9.82. The van der Waals surface area contributed by atoms with Crippen molar-refractivity contribution in [3.63, 3.8) is 0 Å². The molecule has 2 rings (SSSR count). The summed E-state index contributed by atoms with van der Waals surface area (Å²) in [4.78, 5) is 3.53. The molecule has 1 aromatic rings. The average molecular weight is 367 g/mol. The third-order valence-corrected chi connectivity index (χ3v) is 4.15. The maximum atomic E-state index is 13.7. The fourth-order valence-corrected chi connectivity index (χ4v) is 2.40. The molecule has 11 heteroatoms. The summed E-state index contributed by atoms with van der Waals surface area (Å²) in [6.45, 7) is 0.820. The molecule has 0 saturated carbocycles. The number of halogens is 4. The van der Waals surface area contributed by atoms with Gasteiger partial charge in [0.2, 0.25) is 5.88 Å². The van der Waals surface area contributed by atoms with Gasteiger partial charge >= 0.3 is 16.6 Å². The number of hydrogen-bond donors (Lipinski definition) is 1. The Morgan fingerprint density at radius 1 is 1.42 bits per heavy atom. The van der Waals surface area contributed by atoms with Crippen LogP contribution in [0.5, 0.6) is 5.88 Å². The second-order valence-electron chi connectivity index (χ2n) is 5.10. The lowest BCUT2D eigenvalue weighted by Crippen LogP contribution is -2.35. The largest absolute Gasteiger partial charge is 0.508 e. The van der Waals surface area contributed by atoms with E-state index in [1.165, 1.54) is 0 Å². The molecule has 1 unspecified atom stereocenters. The third-order valence-electron chi connectivity index (χ3n) is 3.45. The van der Waals surface area contributed by atoms with E-state index in [2.05, 4.69) is 20.6 Å². The Hall–Kier alpha value is -1.93. The zero-order valence-corrected chi connectivity index (χ0v) is 13.0. The molecular formula is C13H13F4N3O3S. The van der Waals surface area contributed by atoms with Crippen molar-refractivity contribution in [3.05, 3.63) is 17.9 Å². The molecule has 0 aliphatic carbocycles. The Kier molecular flexibility index (Phi) is 5.61. The molecule has 0 spiro atoms. The maximum Gasteiger partial charge on any atom is 0.508 e. The van der Waals surface area contributed by atoms with Gasteiger partial charge in [0.15, 0.2) is 11.6 Å². The molecule has 132 valence electrons. The summed E-state index contributed by atoms with van der Waals surface area (Å²) >= 11 is -3.60. The van der Waals surface area contributed by atoms with Gasteiger partial charge in [-0.05, 0) is 18.9 Å². The maximum absolute atomic E-state index is 13.7. The molecule has 24 heavy (non-hydrogen) atoms. The van der Waals surface area contributed by atoms with Crippen molar-refractivity contribution in [2.75, 3.05) is 25.1 Å². The van der Waals surface area contributed by atoms with Crippen LogP contribution in [0.2, 0.25) is 0 Å². The van der Waals surface area contributed by atoms with Crippen molar-refractivity contribution in [1.82, 2.24) is 4.98 Å². The van der Waals surface area contributed by atoms with E-state index >= 15 is 0 Å². The van der Waals surface area contributed by atoms with Gasteiger partial charge in [0.05, 0.1) is 11.5 Å². The van der Waals surface area contributed by atoms with Crippen LogP contribution in [0.4, 0.5) is 23.4 Å². The summed E-state index contributed by atoms with van der Waals surface area (Å²) in [6, 6.07) is 3.82. The smallest absolute Gasteiger partial charge is 0.381 e. The Morgan fingerprint density at radius 3 is 2.67 bits per heavy atom. The Labute approximate surface area is 137 Å². The number of pyridine rings is 1. The fraction of sp³-hybridized carbons (Fsp3) is 0.538. The standard InChI is InChI=1S/C13H13F4N3O3S/c14-9-1-2-10(23-24(21)13(15,16)17)20-11(9)19-8-12(7-18)3-5-22-6-4-12/h1-2H,3-6,8H2,(H,19,20). The molecule has 1 aromatic heterocycles. The van der Waals surface area contributed by atoms with Crippen molar-refractivity contribution in [3.8, 4) is 11.9 Å². The van der Waals surface area contributed by atoms with Gasteiger partial charge in [0, 0.05) is 25.8 Å². The molecule has 1 N–H and O–H groups in total. The molecule has 1 fully saturated rings. The van der Waals surface area contributed by atoms with Crippen LogP contribution in [0.3, 0.4) is 0 Å². The number of nitrogens with one attached hydrogen (secondary N) is 1. The van der Waals surface area contributed by atoms with Gasteiger partial charge in [-0.3, -0.25) is 0 Å². The number of nitriles is 1. The predicted octanol–water partition coefficient (Wildman–Crippen LogP) is 2.52. The quantitative estimate of drug-likeness (QED) is 0.805. The first-order valence-electron chi connectivity index (χ1n) is 6.82. The molecule has 1 saturated heterocycles. The second kappa shape index (κ2) is 7.31. The van der Waals surface area contributed by atoms with Crippen LogP contribution in [0, 0.1) is 22.6 Å². The third kappa shape index (κ3) is 4.55. The van der Waals surface area contributed by atoms with E-state index in [1.807, 2.05) is 0 Å². The van der Waals surface area contributed by atoms with E-state index in [9.17, 15) is 27.0 Å². The highest BCUT2D eigenvalue weighted by atomic mass is 32.2. The normalized spacial score (nSPS) is 18.5. The molecule has 6 nitrogen and oxygen atoms in total. The second-order valence-corrected chi connectivity index (χ2v) is 6.20. The first-order valence-corrected chi connectivity index (χ1v) is 7.90. The highest BCUT2D eigenvalue weighted by molar-refractivity contribution is 7.81. The van der Waals surface area contributed by atoms with Gasteiger partial charge < -0.3 is 14.2 Å². The van der Waals surface area contributed by atoms with Crippen LogP contribution in [0.25, 0.3) is 0 Å². The van der Waals surface area contributed by atoms with Crippen LogP contribution in [0.1, 0.15) is 12.8 Å². The van der Waals surface area contributed by atoms with E-state index < -0.39 is 33.7 Å². The lowest BCUT2D eigenvalue weighted by Gasteiger charge is -2.30. The monoisotopic (exact) mass is 367 g/mol. The van der Waals surface area contributed by atoms with E-state index in [1.54, 1.807) is 0 Å². The number of nitrogens with zero attached hydrogens (tertiary/aromatic N) is 2. The van der Waals surface area contributed by atoms with Crippen LogP contribution in [-0.4, -0.2) is 34.5 Å². The number of aromatic nitrogens is 1. The summed E-state index contributed by atoms with van der Waals surface area (Å²) in [5, 5.41) is 11.9. The highest BCUT2D eigenvalue weighted by Gasteiger charge is 2.40. The van der Waals surface area contributed by atoms with E-state index in [4.69, 9.17) is 4.74 Å². The van der Waals surface area contributed by atoms with Crippen molar-refractivity contribution >= 4 is 16.9 Å². The van der Waals surface area contributed by atoms with Gasteiger partial charge in [-0.2, -0.15) is 23.4 Å².